The van der Waals surface area contributed by atoms with E-state index in [0.29, 0.717) is 18.7 Å². The quantitative estimate of drug-likeness (QED) is 0.621. The van der Waals surface area contributed by atoms with E-state index in [0.717, 1.165) is 22.7 Å². The van der Waals surface area contributed by atoms with Gasteiger partial charge in [-0.15, -0.1) is 5.10 Å². The SMILES string of the molecule is Cc1cccc(CCN(C(=O)c2csnn2)[C@@H](C(=O)NC(C)(C)C)c2ccco2)c1. The van der Waals surface area contributed by atoms with Crippen LogP contribution in [-0.2, 0) is 11.2 Å². The molecule has 0 saturated carbocycles. The van der Waals surface area contributed by atoms with Gasteiger partial charge in [0.15, 0.2) is 11.7 Å². The molecule has 2 heterocycles. The van der Waals surface area contributed by atoms with Crippen molar-refractivity contribution in [2.24, 2.45) is 0 Å². The maximum atomic E-state index is 13.3. The largest absolute Gasteiger partial charge is 0.467 e. The number of furan rings is 1. The van der Waals surface area contributed by atoms with Gasteiger partial charge in [-0.1, -0.05) is 34.3 Å². The number of benzene rings is 1. The van der Waals surface area contributed by atoms with Crippen LogP contribution in [0.2, 0.25) is 0 Å². The zero-order chi connectivity index (χ0) is 21.7. The van der Waals surface area contributed by atoms with Gasteiger partial charge in [0.05, 0.1) is 6.26 Å². The van der Waals surface area contributed by atoms with Crippen molar-refractivity contribution in [3.8, 4) is 0 Å². The average Bonchev–Trinajstić information content (AvgIpc) is 3.37. The summed E-state index contributed by atoms with van der Waals surface area (Å²) < 4.78 is 9.36. The molecule has 158 valence electrons. The monoisotopic (exact) mass is 426 g/mol. The van der Waals surface area contributed by atoms with Crippen molar-refractivity contribution in [3.63, 3.8) is 0 Å². The molecule has 0 aliphatic carbocycles. The molecular weight excluding hydrogens is 400 g/mol. The van der Waals surface area contributed by atoms with Crippen LogP contribution in [0.25, 0.3) is 0 Å². The number of carbonyl (C=O) groups excluding carboxylic acids is 2. The smallest absolute Gasteiger partial charge is 0.276 e. The standard InChI is InChI=1S/C22H26N4O3S/c1-15-7-5-8-16(13-15)10-11-26(21(28)17-14-30-25-24-17)19(18-9-6-12-29-18)20(27)23-22(2,3)4/h5-9,12-14,19H,10-11H2,1-4H3,(H,23,27)/t19-/m1/s1. The highest BCUT2D eigenvalue weighted by Crippen LogP contribution is 2.25. The molecule has 7 nitrogen and oxygen atoms in total. The number of nitrogens with one attached hydrogen (secondary N) is 1. The Hall–Kier alpha value is -3.00. The molecule has 1 atom stereocenters. The second-order valence-corrected chi connectivity index (χ2v) is 8.79. The second-order valence-electron chi connectivity index (χ2n) is 8.18. The Bertz CT molecular complexity index is 978. The number of hydrogen-bond acceptors (Lipinski definition) is 6. The first-order chi connectivity index (χ1) is 14.2. The first kappa shape index (κ1) is 21.7. The Kier molecular flexibility index (Phi) is 6.66. The van der Waals surface area contributed by atoms with Crippen molar-refractivity contribution in [1.82, 2.24) is 19.8 Å². The Morgan fingerprint density at radius 2 is 2.03 bits per heavy atom. The number of aryl methyl sites for hydroxylation is 1. The number of amides is 2. The normalized spacial score (nSPS) is 12.4. The Balaban J connectivity index is 1.95. The van der Waals surface area contributed by atoms with E-state index in [2.05, 4.69) is 21.0 Å². The van der Waals surface area contributed by atoms with Crippen LogP contribution in [0.3, 0.4) is 0 Å². The molecule has 0 saturated heterocycles. The summed E-state index contributed by atoms with van der Waals surface area (Å²) in [5, 5.41) is 8.47. The van der Waals surface area contributed by atoms with E-state index in [9.17, 15) is 9.59 Å². The molecule has 1 N–H and O–H groups in total. The van der Waals surface area contributed by atoms with Crippen LogP contribution in [0.5, 0.6) is 0 Å². The van der Waals surface area contributed by atoms with Crippen LogP contribution in [-0.4, -0.2) is 38.4 Å². The van der Waals surface area contributed by atoms with Crippen molar-refractivity contribution in [1.29, 1.82) is 0 Å². The Morgan fingerprint density at radius 3 is 2.63 bits per heavy atom. The summed E-state index contributed by atoms with van der Waals surface area (Å²) in [4.78, 5) is 28.1. The summed E-state index contributed by atoms with van der Waals surface area (Å²) in [7, 11) is 0. The fraction of sp³-hybridized carbons (Fsp3) is 0.364. The topological polar surface area (TPSA) is 88.3 Å². The van der Waals surface area contributed by atoms with Gasteiger partial charge in [0.1, 0.15) is 5.76 Å². The second kappa shape index (κ2) is 9.21. The molecule has 3 rings (SSSR count). The van der Waals surface area contributed by atoms with E-state index in [-0.39, 0.29) is 17.5 Å². The zero-order valence-corrected chi connectivity index (χ0v) is 18.4. The van der Waals surface area contributed by atoms with E-state index < -0.39 is 11.6 Å². The van der Waals surface area contributed by atoms with Gasteiger partial charge in [0.25, 0.3) is 11.8 Å². The molecule has 0 unspecified atom stereocenters. The molecule has 0 fully saturated rings. The number of nitrogens with zero attached hydrogens (tertiary/aromatic N) is 3. The van der Waals surface area contributed by atoms with Crippen LogP contribution < -0.4 is 5.32 Å². The van der Waals surface area contributed by atoms with Crippen LogP contribution >= 0.6 is 11.5 Å². The molecular formula is C22H26N4O3S. The molecule has 2 amide bonds. The maximum absolute atomic E-state index is 13.3. The molecule has 0 radical (unpaired) electrons. The predicted molar refractivity (Wildman–Crippen MR) is 115 cm³/mol. The van der Waals surface area contributed by atoms with E-state index in [1.807, 2.05) is 45.9 Å². The molecule has 3 aromatic rings. The van der Waals surface area contributed by atoms with E-state index in [1.165, 1.54) is 11.2 Å². The van der Waals surface area contributed by atoms with Gasteiger partial charge < -0.3 is 14.6 Å². The van der Waals surface area contributed by atoms with Gasteiger partial charge in [-0.05, 0) is 63.3 Å². The van der Waals surface area contributed by atoms with Crippen molar-refractivity contribution < 1.29 is 14.0 Å². The number of rotatable bonds is 7. The molecule has 1 aromatic carbocycles. The number of carbonyl (C=O) groups is 2. The van der Waals surface area contributed by atoms with E-state index >= 15 is 0 Å². The highest BCUT2D eigenvalue weighted by Gasteiger charge is 2.36. The zero-order valence-electron chi connectivity index (χ0n) is 17.6. The lowest BCUT2D eigenvalue weighted by atomic mass is 10.0. The van der Waals surface area contributed by atoms with Crippen LogP contribution in [0, 0.1) is 6.92 Å². The van der Waals surface area contributed by atoms with Crippen molar-refractivity contribution >= 4 is 23.3 Å². The minimum Gasteiger partial charge on any atom is -0.467 e. The van der Waals surface area contributed by atoms with Crippen molar-refractivity contribution in [2.45, 2.75) is 45.7 Å². The van der Waals surface area contributed by atoms with Gasteiger partial charge in [0, 0.05) is 17.5 Å². The minimum absolute atomic E-state index is 0.212. The summed E-state index contributed by atoms with van der Waals surface area (Å²) in [5.41, 5.74) is 1.97. The highest BCUT2D eigenvalue weighted by molar-refractivity contribution is 7.03. The van der Waals surface area contributed by atoms with Gasteiger partial charge >= 0.3 is 0 Å². The third kappa shape index (κ3) is 5.54. The highest BCUT2D eigenvalue weighted by atomic mass is 32.1. The molecule has 2 aromatic heterocycles. The van der Waals surface area contributed by atoms with Crippen LogP contribution in [0.15, 0.2) is 52.5 Å². The molecule has 0 bridgehead atoms. The molecule has 8 heteroatoms. The number of hydrogen-bond donors (Lipinski definition) is 1. The first-order valence-electron chi connectivity index (χ1n) is 9.73. The third-order valence-electron chi connectivity index (χ3n) is 4.43. The van der Waals surface area contributed by atoms with E-state index in [4.69, 9.17) is 4.42 Å². The summed E-state index contributed by atoms with van der Waals surface area (Å²) in [5.74, 6) is -0.266. The maximum Gasteiger partial charge on any atom is 0.276 e. The fourth-order valence-electron chi connectivity index (χ4n) is 3.18. The lowest BCUT2D eigenvalue weighted by molar-refractivity contribution is -0.128. The average molecular weight is 427 g/mol. The van der Waals surface area contributed by atoms with Crippen molar-refractivity contribution in [2.75, 3.05) is 6.54 Å². The van der Waals surface area contributed by atoms with Crippen molar-refractivity contribution in [3.05, 3.63) is 70.6 Å². The summed E-state index contributed by atoms with van der Waals surface area (Å²) in [6, 6.07) is 10.6. The number of aromatic nitrogens is 2. The van der Waals surface area contributed by atoms with Gasteiger partial charge in [0.2, 0.25) is 0 Å². The lowest BCUT2D eigenvalue weighted by Crippen LogP contribution is -2.49. The lowest BCUT2D eigenvalue weighted by Gasteiger charge is -2.32. The molecule has 0 aliphatic heterocycles. The Morgan fingerprint density at radius 1 is 1.23 bits per heavy atom. The molecule has 0 spiro atoms. The van der Waals surface area contributed by atoms with Gasteiger partial charge in [-0.3, -0.25) is 9.59 Å². The predicted octanol–water partition coefficient (Wildman–Crippen LogP) is 3.78. The minimum atomic E-state index is -0.918. The molecule has 30 heavy (non-hydrogen) atoms. The first-order valence-corrected chi connectivity index (χ1v) is 10.6. The van der Waals surface area contributed by atoms with Gasteiger partial charge in [-0.25, -0.2) is 0 Å². The van der Waals surface area contributed by atoms with E-state index in [1.54, 1.807) is 17.5 Å². The fourth-order valence-corrected chi connectivity index (χ4v) is 3.61. The third-order valence-corrected chi connectivity index (χ3v) is 4.94. The Labute approximate surface area is 180 Å². The molecule has 0 aliphatic rings. The summed E-state index contributed by atoms with van der Waals surface area (Å²) >= 11 is 1.10. The van der Waals surface area contributed by atoms with Crippen LogP contribution in [0.4, 0.5) is 0 Å². The summed E-state index contributed by atoms with van der Waals surface area (Å²) in [6.07, 6.45) is 2.09. The van der Waals surface area contributed by atoms with Crippen LogP contribution in [0.1, 0.15) is 54.2 Å². The summed E-state index contributed by atoms with van der Waals surface area (Å²) in [6.45, 7) is 8.03. The van der Waals surface area contributed by atoms with Gasteiger partial charge in [-0.2, -0.15) is 0 Å².